The first-order valence-corrected chi connectivity index (χ1v) is 9.81. The Bertz CT molecular complexity index is 877. The van der Waals surface area contributed by atoms with Crippen molar-refractivity contribution >= 4 is 15.7 Å². The van der Waals surface area contributed by atoms with Crippen LogP contribution in [-0.4, -0.2) is 39.6 Å². The minimum absolute atomic E-state index is 0.290. The molecule has 1 aliphatic rings. The first-order valence-electron chi connectivity index (χ1n) is 8.33. The van der Waals surface area contributed by atoms with Crippen molar-refractivity contribution in [3.63, 3.8) is 0 Å². The smallest absolute Gasteiger partial charge is 0.379 e. The molecule has 9 heteroatoms. The van der Waals surface area contributed by atoms with E-state index < -0.39 is 26.7 Å². The van der Waals surface area contributed by atoms with E-state index >= 15 is 0 Å². The largest absolute Gasteiger partial charge is 0.416 e. The van der Waals surface area contributed by atoms with Crippen LogP contribution in [0, 0.1) is 0 Å². The number of anilines is 1. The van der Waals surface area contributed by atoms with Crippen molar-refractivity contribution < 1.29 is 26.3 Å². The zero-order valence-electron chi connectivity index (χ0n) is 14.4. The summed E-state index contributed by atoms with van der Waals surface area (Å²) in [5.74, 6) is 0. The van der Waals surface area contributed by atoms with E-state index in [0.717, 1.165) is 43.4 Å². The number of hydrogen-bond acceptors (Lipinski definition) is 4. The Hall–Kier alpha value is -2.10. The van der Waals surface area contributed by atoms with Gasteiger partial charge < -0.3 is 4.74 Å². The van der Waals surface area contributed by atoms with E-state index in [4.69, 9.17) is 4.74 Å². The average molecular weight is 400 g/mol. The van der Waals surface area contributed by atoms with Gasteiger partial charge in [0.15, 0.2) is 0 Å². The second kappa shape index (κ2) is 7.87. The first-order chi connectivity index (χ1) is 12.7. The maximum atomic E-state index is 12.8. The van der Waals surface area contributed by atoms with Crippen LogP contribution in [0.4, 0.5) is 18.9 Å². The molecule has 0 radical (unpaired) electrons. The number of alkyl halides is 3. The van der Waals surface area contributed by atoms with Crippen molar-refractivity contribution in [2.75, 3.05) is 31.0 Å². The van der Waals surface area contributed by atoms with Gasteiger partial charge in [0.05, 0.1) is 23.7 Å². The Labute approximate surface area is 155 Å². The number of halogens is 3. The van der Waals surface area contributed by atoms with E-state index in [1.54, 1.807) is 24.3 Å². The van der Waals surface area contributed by atoms with Crippen LogP contribution in [0.15, 0.2) is 53.4 Å². The quantitative estimate of drug-likeness (QED) is 0.837. The molecule has 0 unspecified atom stereocenters. The second-order valence-electron chi connectivity index (χ2n) is 6.22. The number of hydrogen-bond donors (Lipinski definition) is 1. The summed E-state index contributed by atoms with van der Waals surface area (Å²) in [6, 6.07) is 10.4. The molecule has 0 aliphatic carbocycles. The van der Waals surface area contributed by atoms with E-state index in [9.17, 15) is 21.6 Å². The molecule has 0 aromatic heterocycles. The van der Waals surface area contributed by atoms with Crippen LogP contribution in [-0.2, 0) is 27.5 Å². The molecular weight excluding hydrogens is 381 g/mol. The fraction of sp³-hybridized carbons (Fsp3) is 0.333. The maximum Gasteiger partial charge on any atom is 0.416 e. The standard InChI is InChI=1S/C18H19F3N2O3S/c19-18(20,21)15-2-1-3-17(12-15)27(24,25)22-16-6-4-14(5-7-16)13-23-8-10-26-11-9-23/h1-7,12,22H,8-11,13H2. The van der Waals surface area contributed by atoms with Gasteiger partial charge in [0.1, 0.15) is 0 Å². The van der Waals surface area contributed by atoms with E-state index in [2.05, 4.69) is 9.62 Å². The number of rotatable bonds is 5. The Morgan fingerprint density at radius 1 is 1.04 bits per heavy atom. The van der Waals surface area contributed by atoms with E-state index in [1.807, 2.05) is 0 Å². The van der Waals surface area contributed by atoms with Crippen LogP contribution in [0.2, 0.25) is 0 Å². The van der Waals surface area contributed by atoms with Crippen molar-refractivity contribution in [1.82, 2.24) is 4.90 Å². The van der Waals surface area contributed by atoms with E-state index in [-0.39, 0.29) is 5.69 Å². The minimum Gasteiger partial charge on any atom is -0.379 e. The zero-order valence-corrected chi connectivity index (χ0v) is 15.2. The first kappa shape index (κ1) is 19.7. The highest BCUT2D eigenvalue weighted by Crippen LogP contribution is 2.30. The van der Waals surface area contributed by atoms with Crippen molar-refractivity contribution in [1.29, 1.82) is 0 Å². The molecule has 3 rings (SSSR count). The van der Waals surface area contributed by atoms with Crippen LogP contribution < -0.4 is 4.72 Å². The number of nitrogens with zero attached hydrogens (tertiary/aromatic N) is 1. The predicted molar refractivity (Wildman–Crippen MR) is 94.8 cm³/mol. The van der Waals surface area contributed by atoms with Gasteiger partial charge in [-0.25, -0.2) is 8.42 Å². The highest BCUT2D eigenvalue weighted by atomic mass is 32.2. The maximum absolute atomic E-state index is 12.8. The Kier molecular flexibility index (Phi) is 5.73. The molecule has 0 saturated carbocycles. The van der Waals surface area contributed by atoms with Crippen LogP contribution in [0.3, 0.4) is 0 Å². The Balaban J connectivity index is 1.70. The lowest BCUT2D eigenvalue weighted by Crippen LogP contribution is -2.35. The molecule has 1 saturated heterocycles. The van der Waals surface area contributed by atoms with Crippen LogP contribution in [0.1, 0.15) is 11.1 Å². The molecular formula is C18H19F3N2O3S. The molecule has 0 atom stereocenters. The number of ether oxygens (including phenoxy) is 1. The van der Waals surface area contributed by atoms with Gasteiger partial charge in [-0.2, -0.15) is 13.2 Å². The fourth-order valence-electron chi connectivity index (χ4n) is 2.75. The summed E-state index contributed by atoms with van der Waals surface area (Å²) >= 11 is 0. The molecule has 2 aromatic carbocycles. The van der Waals surface area contributed by atoms with E-state index in [0.29, 0.717) is 19.3 Å². The molecule has 1 aliphatic heterocycles. The normalized spacial score (nSPS) is 16.3. The van der Waals surface area contributed by atoms with Crippen LogP contribution >= 0.6 is 0 Å². The topological polar surface area (TPSA) is 58.6 Å². The van der Waals surface area contributed by atoms with Crippen molar-refractivity contribution in [2.45, 2.75) is 17.6 Å². The number of morpholine rings is 1. The van der Waals surface area contributed by atoms with Gasteiger partial charge >= 0.3 is 6.18 Å². The van der Waals surface area contributed by atoms with E-state index in [1.165, 1.54) is 0 Å². The van der Waals surface area contributed by atoms with Crippen LogP contribution in [0.5, 0.6) is 0 Å². The summed E-state index contributed by atoms with van der Waals surface area (Å²) < 4.78 is 70.8. The lowest BCUT2D eigenvalue weighted by Gasteiger charge is -2.26. The molecule has 0 bridgehead atoms. The highest BCUT2D eigenvalue weighted by Gasteiger charge is 2.31. The summed E-state index contributed by atoms with van der Waals surface area (Å²) in [5.41, 5.74) is 0.295. The highest BCUT2D eigenvalue weighted by molar-refractivity contribution is 7.92. The molecule has 1 N–H and O–H groups in total. The molecule has 2 aromatic rings. The second-order valence-corrected chi connectivity index (χ2v) is 7.90. The number of sulfonamides is 1. The molecule has 1 heterocycles. The van der Waals surface area contributed by atoms with Gasteiger partial charge in [0.25, 0.3) is 10.0 Å². The Morgan fingerprint density at radius 3 is 2.33 bits per heavy atom. The summed E-state index contributed by atoms with van der Waals surface area (Å²) in [7, 11) is -4.11. The van der Waals surface area contributed by atoms with Gasteiger partial charge in [-0.3, -0.25) is 9.62 Å². The summed E-state index contributed by atoms with van der Waals surface area (Å²) in [4.78, 5) is 1.79. The minimum atomic E-state index is -4.60. The molecule has 0 spiro atoms. The van der Waals surface area contributed by atoms with Crippen molar-refractivity contribution in [2.24, 2.45) is 0 Å². The fourth-order valence-corrected chi connectivity index (χ4v) is 3.85. The molecule has 5 nitrogen and oxygen atoms in total. The molecule has 146 valence electrons. The zero-order chi connectivity index (χ0) is 19.5. The third-order valence-corrected chi connectivity index (χ3v) is 5.57. The monoisotopic (exact) mass is 400 g/mol. The predicted octanol–water partition coefficient (Wildman–Crippen LogP) is 3.34. The van der Waals surface area contributed by atoms with Gasteiger partial charge in [0, 0.05) is 25.3 Å². The molecule has 0 amide bonds. The van der Waals surface area contributed by atoms with Crippen molar-refractivity contribution in [3.8, 4) is 0 Å². The Morgan fingerprint density at radius 2 is 1.70 bits per heavy atom. The SMILES string of the molecule is O=S(=O)(Nc1ccc(CN2CCOCC2)cc1)c1cccc(C(F)(F)F)c1. The number of nitrogens with one attached hydrogen (secondary N) is 1. The van der Waals surface area contributed by atoms with Crippen molar-refractivity contribution in [3.05, 3.63) is 59.7 Å². The summed E-state index contributed by atoms with van der Waals surface area (Å²) in [6.45, 7) is 3.78. The molecule has 27 heavy (non-hydrogen) atoms. The average Bonchev–Trinajstić information content (AvgIpc) is 2.63. The molecule has 1 fully saturated rings. The third kappa shape index (κ3) is 5.21. The lowest BCUT2D eigenvalue weighted by molar-refractivity contribution is -0.137. The van der Waals surface area contributed by atoms with Gasteiger partial charge in [-0.15, -0.1) is 0 Å². The summed E-state index contributed by atoms with van der Waals surface area (Å²) in [6.07, 6.45) is -4.60. The lowest BCUT2D eigenvalue weighted by atomic mass is 10.2. The third-order valence-electron chi connectivity index (χ3n) is 4.19. The summed E-state index contributed by atoms with van der Waals surface area (Å²) in [5, 5.41) is 0. The van der Waals surface area contributed by atoms with Gasteiger partial charge in [-0.1, -0.05) is 18.2 Å². The number of benzene rings is 2. The van der Waals surface area contributed by atoms with Gasteiger partial charge in [-0.05, 0) is 35.9 Å². The van der Waals surface area contributed by atoms with Crippen LogP contribution in [0.25, 0.3) is 0 Å². The van der Waals surface area contributed by atoms with Gasteiger partial charge in [0.2, 0.25) is 0 Å².